The van der Waals surface area contributed by atoms with E-state index in [1.165, 1.54) is 24.3 Å². The first-order valence-electron chi connectivity index (χ1n) is 7.53. The largest absolute Gasteiger partial charge is 0.475 e. The van der Waals surface area contributed by atoms with Crippen LogP contribution in [0.5, 0.6) is 5.75 Å². The molecule has 0 heterocycles. The second-order valence-electron chi connectivity index (χ2n) is 5.14. The van der Waals surface area contributed by atoms with E-state index in [-0.39, 0.29) is 11.4 Å². The average molecular weight is 393 g/mol. The van der Waals surface area contributed by atoms with Gasteiger partial charge in [0, 0.05) is 18.2 Å². The van der Waals surface area contributed by atoms with Crippen LogP contribution in [0.15, 0.2) is 42.5 Å². The SMILES string of the molecule is O=C(COC(=O)COc1ccccc1[N+](=O)[O-])Nc1cc([N+](=O)[O-])ccc1F. The van der Waals surface area contributed by atoms with Gasteiger partial charge in [0.2, 0.25) is 0 Å². The Morgan fingerprint density at radius 1 is 1.04 bits per heavy atom. The second kappa shape index (κ2) is 9.02. The van der Waals surface area contributed by atoms with Crippen molar-refractivity contribution in [2.24, 2.45) is 0 Å². The lowest BCUT2D eigenvalue weighted by atomic mass is 10.2. The molecule has 12 heteroatoms. The smallest absolute Gasteiger partial charge is 0.344 e. The Morgan fingerprint density at radius 3 is 2.43 bits per heavy atom. The van der Waals surface area contributed by atoms with E-state index >= 15 is 0 Å². The normalized spacial score (nSPS) is 10.0. The second-order valence-corrected chi connectivity index (χ2v) is 5.14. The van der Waals surface area contributed by atoms with E-state index in [1.54, 1.807) is 0 Å². The maximum atomic E-state index is 13.6. The highest BCUT2D eigenvalue weighted by Crippen LogP contribution is 2.25. The van der Waals surface area contributed by atoms with Crippen LogP contribution in [-0.4, -0.2) is 34.9 Å². The first kappa shape index (κ1) is 20.2. The first-order valence-corrected chi connectivity index (χ1v) is 7.53. The first-order chi connectivity index (χ1) is 13.3. The Labute approximate surface area is 156 Å². The van der Waals surface area contributed by atoms with Gasteiger partial charge in [-0.05, 0) is 12.1 Å². The molecule has 0 bridgehead atoms. The summed E-state index contributed by atoms with van der Waals surface area (Å²) in [5, 5.41) is 23.5. The number of para-hydroxylation sites is 2. The molecule has 0 atom stereocenters. The number of anilines is 1. The van der Waals surface area contributed by atoms with E-state index < -0.39 is 52.1 Å². The van der Waals surface area contributed by atoms with E-state index in [9.17, 15) is 34.2 Å². The zero-order valence-corrected chi connectivity index (χ0v) is 14.0. The molecule has 28 heavy (non-hydrogen) atoms. The summed E-state index contributed by atoms with van der Waals surface area (Å²) in [7, 11) is 0. The van der Waals surface area contributed by atoms with Crippen LogP contribution in [0, 0.1) is 26.0 Å². The van der Waals surface area contributed by atoms with Crippen molar-refractivity contribution < 1.29 is 33.3 Å². The third kappa shape index (κ3) is 5.45. The van der Waals surface area contributed by atoms with E-state index in [0.29, 0.717) is 0 Å². The fourth-order valence-electron chi connectivity index (χ4n) is 1.96. The summed E-state index contributed by atoms with van der Waals surface area (Å²) in [5.41, 5.74) is -1.24. The van der Waals surface area contributed by atoms with E-state index in [4.69, 9.17) is 4.74 Å². The number of benzene rings is 2. The van der Waals surface area contributed by atoms with Crippen molar-refractivity contribution in [1.29, 1.82) is 0 Å². The van der Waals surface area contributed by atoms with Crippen LogP contribution in [0.4, 0.5) is 21.5 Å². The van der Waals surface area contributed by atoms with Crippen molar-refractivity contribution in [2.45, 2.75) is 0 Å². The third-order valence-electron chi connectivity index (χ3n) is 3.21. The minimum atomic E-state index is -1.01. The molecule has 1 N–H and O–H groups in total. The Bertz CT molecular complexity index is 934. The topological polar surface area (TPSA) is 151 Å². The van der Waals surface area contributed by atoms with Gasteiger partial charge in [0.25, 0.3) is 11.6 Å². The molecule has 0 unspecified atom stereocenters. The highest BCUT2D eigenvalue weighted by molar-refractivity contribution is 5.93. The van der Waals surface area contributed by atoms with Gasteiger partial charge in [-0.15, -0.1) is 0 Å². The molecule has 146 valence electrons. The Balaban J connectivity index is 1.86. The molecular weight excluding hydrogens is 381 g/mol. The summed E-state index contributed by atoms with van der Waals surface area (Å²) in [6.07, 6.45) is 0. The van der Waals surface area contributed by atoms with Crippen molar-refractivity contribution >= 4 is 28.9 Å². The summed E-state index contributed by atoms with van der Waals surface area (Å²) in [6.45, 7) is -1.52. The summed E-state index contributed by atoms with van der Waals surface area (Å²) >= 11 is 0. The molecule has 0 aromatic heterocycles. The van der Waals surface area contributed by atoms with Gasteiger partial charge in [0.1, 0.15) is 5.82 Å². The fourth-order valence-corrected chi connectivity index (χ4v) is 1.96. The van der Waals surface area contributed by atoms with Crippen molar-refractivity contribution in [3.05, 3.63) is 68.5 Å². The van der Waals surface area contributed by atoms with E-state index in [1.807, 2.05) is 5.32 Å². The highest BCUT2D eigenvalue weighted by Gasteiger charge is 2.17. The molecule has 0 spiro atoms. The lowest BCUT2D eigenvalue weighted by Crippen LogP contribution is -2.24. The van der Waals surface area contributed by atoms with Crippen LogP contribution < -0.4 is 10.1 Å². The Morgan fingerprint density at radius 2 is 1.75 bits per heavy atom. The molecule has 1 amide bonds. The van der Waals surface area contributed by atoms with Crippen molar-refractivity contribution in [2.75, 3.05) is 18.5 Å². The number of ether oxygens (including phenoxy) is 2. The number of esters is 1. The van der Waals surface area contributed by atoms with Gasteiger partial charge in [-0.25, -0.2) is 9.18 Å². The fraction of sp³-hybridized carbons (Fsp3) is 0.125. The minimum Gasteiger partial charge on any atom is -0.475 e. The quantitative estimate of drug-likeness (QED) is 0.407. The molecule has 2 aromatic rings. The van der Waals surface area contributed by atoms with Gasteiger partial charge in [-0.3, -0.25) is 25.0 Å². The van der Waals surface area contributed by atoms with Crippen LogP contribution in [-0.2, 0) is 14.3 Å². The van der Waals surface area contributed by atoms with Gasteiger partial charge in [0.15, 0.2) is 19.0 Å². The number of amides is 1. The maximum Gasteiger partial charge on any atom is 0.344 e. The molecule has 0 saturated heterocycles. The van der Waals surface area contributed by atoms with Crippen LogP contribution in [0.3, 0.4) is 0 Å². The predicted molar refractivity (Wildman–Crippen MR) is 91.2 cm³/mol. The van der Waals surface area contributed by atoms with Gasteiger partial charge < -0.3 is 14.8 Å². The minimum absolute atomic E-state index is 0.160. The number of nitro groups is 2. The number of carbonyl (C=O) groups excluding carboxylic acids is 2. The van der Waals surface area contributed by atoms with Gasteiger partial charge >= 0.3 is 11.7 Å². The molecule has 0 radical (unpaired) electrons. The number of nitrogens with zero attached hydrogens (tertiary/aromatic N) is 2. The Kier molecular flexibility index (Phi) is 6.52. The van der Waals surface area contributed by atoms with Crippen LogP contribution >= 0.6 is 0 Å². The maximum absolute atomic E-state index is 13.6. The predicted octanol–water partition coefficient (Wildman–Crippen LogP) is 2.20. The molecule has 0 aliphatic rings. The van der Waals surface area contributed by atoms with Gasteiger partial charge in [-0.2, -0.15) is 0 Å². The van der Waals surface area contributed by atoms with E-state index in [0.717, 1.165) is 18.2 Å². The number of nitrogens with one attached hydrogen (secondary N) is 1. The summed E-state index contributed by atoms with van der Waals surface area (Å²) < 4.78 is 23.2. The lowest BCUT2D eigenvalue weighted by molar-refractivity contribution is -0.385. The number of hydrogen-bond donors (Lipinski definition) is 1. The van der Waals surface area contributed by atoms with Crippen LogP contribution in [0.25, 0.3) is 0 Å². The third-order valence-corrected chi connectivity index (χ3v) is 3.21. The number of carbonyl (C=O) groups is 2. The number of nitro benzene ring substituents is 2. The molecule has 0 aliphatic heterocycles. The number of rotatable bonds is 8. The lowest BCUT2D eigenvalue weighted by Gasteiger charge is -2.08. The van der Waals surface area contributed by atoms with Gasteiger partial charge in [-0.1, -0.05) is 12.1 Å². The number of hydrogen-bond acceptors (Lipinski definition) is 8. The Hall–Kier alpha value is -4.09. The van der Waals surface area contributed by atoms with Crippen molar-refractivity contribution in [3.63, 3.8) is 0 Å². The summed E-state index contributed by atoms with van der Waals surface area (Å²) in [6, 6.07) is 7.89. The molecule has 0 aliphatic carbocycles. The molecule has 0 fully saturated rings. The van der Waals surface area contributed by atoms with E-state index in [2.05, 4.69) is 4.74 Å². The highest BCUT2D eigenvalue weighted by atomic mass is 19.1. The molecule has 2 rings (SSSR count). The van der Waals surface area contributed by atoms with Crippen LogP contribution in [0.2, 0.25) is 0 Å². The molecule has 2 aromatic carbocycles. The van der Waals surface area contributed by atoms with Gasteiger partial charge in [0.05, 0.1) is 15.5 Å². The monoisotopic (exact) mass is 393 g/mol. The average Bonchev–Trinajstić information content (AvgIpc) is 2.66. The zero-order valence-electron chi connectivity index (χ0n) is 14.0. The molecule has 0 saturated carbocycles. The standard InChI is InChI=1S/C16H12FN3O8/c17-11-6-5-10(19(23)24)7-12(11)18-15(21)8-28-16(22)9-27-14-4-2-1-3-13(14)20(25)26/h1-7H,8-9H2,(H,18,21). The molecule has 11 nitrogen and oxygen atoms in total. The summed E-state index contributed by atoms with van der Waals surface area (Å²) in [4.78, 5) is 43.4. The zero-order chi connectivity index (χ0) is 20.7. The van der Waals surface area contributed by atoms with Crippen molar-refractivity contribution in [1.82, 2.24) is 0 Å². The van der Waals surface area contributed by atoms with Crippen molar-refractivity contribution in [3.8, 4) is 5.75 Å². The molecular formula is C16H12FN3O8. The summed E-state index contributed by atoms with van der Waals surface area (Å²) in [5.74, 6) is -3.02. The number of non-ortho nitro benzene ring substituents is 1. The van der Waals surface area contributed by atoms with Crippen LogP contribution in [0.1, 0.15) is 0 Å². The number of halogens is 1.